The molecule has 0 saturated heterocycles. The zero-order valence-electron chi connectivity index (χ0n) is 10.4. The fraction of sp³-hybridized carbons (Fsp3) is 0.0714. The second kappa shape index (κ2) is 5.52. The van der Waals surface area contributed by atoms with Crippen LogP contribution < -0.4 is 5.73 Å². The van der Waals surface area contributed by atoms with E-state index in [1.165, 1.54) is 6.33 Å². The minimum absolute atomic E-state index is 0.476. The number of carbonyl (C=O) groups excluding carboxylic acids is 1. The van der Waals surface area contributed by atoms with E-state index in [1.807, 2.05) is 29.7 Å². The molecule has 0 aliphatic heterocycles. The Bertz CT molecular complexity index is 789. The zero-order valence-corrected chi connectivity index (χ0v) is 12.1. The lowest BCUT2D eigenvalue weighted by Gasteiger charge is -1.93. The molecule has 0 aromatic carbocycles. The summed E-state index contributed by atoms with van der Waals surface area (Å²) in [4.78, 5) is 20.9. The molecule has 3 rings (SSSR count). The van der Waals surface area contributed by atoms with Crippen LogP contribution in [0.2, 0.25) is 0 Å². The highest BCUT2D eigenvalue weighted by Gasteiger charge is 2.06. The molecule has 4 nitrogen and oxygen atoms in total. The molecule has 0 fully saturated rings. The monoisotopic (exact) mass is 301 g/mol. The van der Waals surface area contributed by atoms with Gasteiger partial charge in [-0.3, -0.25) is 0 Å². The first-order valence-electron chi connectivity index (χ1n) is 5.96. The molecule has 0 atom stereocenters. The Balaban J connectivity index is 1.90. The minimum Gasteiger partial charge on any atom is -0.382 e. The van der Waals surface area contributed by atoms with Crippen LogP contribution in [-0.2, 0) is 11.2 Å². The molecule has 0 radical (unpaired) electrons. The summed E-state index contributed by atoms with van der Waals surface area (Å²) in [6.07, 6.45) is 6.92. The Labute approximate surface area is 123 Å². The highest BCUT2D eigenvalue weighted by atomic mass is 32.1. The van der Waals surface area contributed by atoms with Gasteiger partial charge < -0.3 is 10.5 Å². The topological polar surface area (TPSA) is 68.9 Å². The van der Waals surface area contributed by atoms with Crippen molar-refractivity contribution in [3.8, 4) is 0 Å². The summed E-state index contributed by atoms with van der Waals surface area (Å²) in [5, 5.41) is 2.02. The first-order valence-corrected chi connectivity index (χ1v) is 7.65. The lowest BCUT2D eigenvalue weighted by molar-refractivity contribution is -0.107. The average molecular weight is 301 g/mol. The Hall–Kier alpha value is -2.05. The van der Waals surface area contributed by atoms with E-state index in [4.69, 9.17) is 5.73 Å². The number of hydrogen-bond donors (Lipinski definition) is 1. The van der Waals surface area contributed by atoms with Gasteiger partial charge in [-0.1, -0.05) is 6.08 Å². The van der Waals surface area contributed by atoms with Crippen LogP contribution in [0, 0.1) is 0 Å². The van der Waals surface area contributed by atoms with E-state index in [-0.39, 0.29) is 0 Å². The molecule has 0 unspecified atom stereocenters. The van der Waals surface area contributed by atoms with Crippen molar-refractivity contribution in [3.63, 3.8) is 0 Å². The van der Waals surface area contributed by atoms with Crippen LogP contribution in [0.25, 0.3) is 22.4 Å². The molecule has 3 aromatic heterocycles. The molecule has 6 heteroatoms. The van der Waals surface area contributed by atoms with E-state index in [0.29, 0.717) is 12.2 Å². The van der Waals surface area contributed by atoms with Crippen LogP contribution in [0.5, 0.6) is 0 Å². The van der Waals surface area contributed by atoms with Crippen molar-refractivity contribution < 1.29 is 4.79 Å². The lowest BCUT2D eigenvalue weighted by Crippen LogP contribution is -1.90. The number of nitrogens with zero attached hydrogens (tertiary/aromatic N) is 2. The molecule has 0 amide bonds. The lowest BCUT2D eigenvalue weighted by atomic mass is 10.2. The number of nitrogen functional groups attached to an aromatic ring is 1. The van der Waals surface area contributed by atoms with Gasteiger partial charge in [-0.05, 0) is 18.2 Å². The number of thiophene rings is 2. The molecule has 3 heterocycles. The maximum atomic E-state index is 10.5. The Morgan fingerprint density at radius 3 is 3.00 bits per heavy atom. The molecule has 0 saturated carbocycles. The third-order valence-corrected chi connectivity index (χ3v) is 4.89. The fourth-order valence-corrected chi connectivity index (χ4v) is 3.61. The summed E-state index contributed by atoms with van der Waals surface area (Å²) in [7, 11) is 0. The first kappa shape index (κ1) is 13.0. The van der Waals surface area contributed by atoms with E-state index in [9.17, 15) is 4.79 Å². The van der Waals surface area contributed by atoms with Gasteiger partial charge in [0.1, 0.15) is 18.4 Å². The SMILES string of the molecule is Nc1ncnc2c(C=Cc3ccc(CC=O)s3)csc12. The van der Waals surface area contributed by atoms with Crippen molar-refractivity contribution in [2.45, 2.75) is 6.42 Å². The van der Waals surface area contributed by atoms with Crippen molar-refractivity contribution in [2.24, 2.45) is 0 Å². The summed E-state index contributed by atoms with van der Waals surface area (Å²) in [6.45, 7) is 0. The second-order valence-electron chi connectivity index (χ2n) is 4.14. The van der Waals surface area contributed by atoms with Crippen LogP contribution in [0.4, 0.5) is 5.82 Å². The third-order valence-electron chi connectivity index (χ3n) is 2.80. The van der Waals surface area contributed by atoms with Gasteiger partial charge in [0.25, 0.3) is 0 Å². The Kier molecular flexibility index (Phi) is 3.58. The van der Waals surface area contributed by atoms with E-state index in [1.54, 1.807) is 22.7 Å². The summed E-state index contributed by atoms with van der Waals surface area (Å²) < 4.78 is 0.917. The molecule has 0 bridgehead atoms. The van der Waals surface area contributed by atoms with Crippen LogP contribution >= 0.6 is 22.7 Å². The highest BCUT2D eigenvalue weighted by Crippen LogP contribution is 2.29. The van der Waals surface area contributed by atoms with Crippen molar-refractivity contribution in [2.75, 3.05) is 5.73 Å². The van der Waals surface area contributed by atoms with Crippen molar-refractivity contribution >= 4 is 57.1 Å². The van der Waals surface area contributed by atoms with E-state index in [2.05, 4.69) is 9.97 Å². The summed E-state index contributed by atoms with van der Waals surface area (Å²) >= 11 is 3.16. The van der Waals surface area contributed by atoms with E-state index in [0.717, 1.165) is 31.8 Å². The fourth-order valence-electron chi connectivity index (χ4n) is 1.85. The number of aromatic nitrogens is 2. The van der Waals surface area contributed by atoms with E-state index < -0.39 is 0 Å². The van der Waals surface area contributed by atoms with Gasteiger partial charge in [-0.15, -0.1) is 22.7 Å². The molecule has 0 spiro atoms. The van der Waals surface area contributed by atoms with Crippen LogP contribution in [0.1, 0.15) is 15.3 Å². The minimum atomic E-state index is 0.476. The standard InChI is InChI=1S/C14H11N3OS2/c15-14-13-12(16-8-17-14)9(7-19-13)1-2-10-3-4-11(20-10)5-6-18/h1-4,6-8H,5H2,(H2,15,16,17). The maximum Gasteiger partial charge on any atom is 0.144 e. The van der Waals surface area contributed by atoms with Crippen LogP contribution in [0.3, 0.4) is 0 Å². The maximum absolute atomic E-state index is 10.5. The normalized spacial score (nSPS) is 11.4. The zero-order chi connectivity index (χ0) is 13.9. The van der Waals surface area contributed by atoms with Gasteiger partial charge in [0.2, 0.25) is 0 Å². The van der Waals surface area contributed by atoms with Crippen LogP contribution in [-0.4, -0.2) is 16.3 Å². The molecule has 2 N–H and O–H groups in total. The number of carbonyl (C=O) groups is 1. The van der Waals surface area contributed by atoms with Gasteiger partial charge in [-0.25, -0.2) is 9.97 Å². The number of hydrogen-bond acceptors (Lipinski definition) is 6. The molecule has 100 valence electrons. The molecule has 0 aliphatic carbocycles. The Morgan fingerprint density at radius 1 is 1.25 bits per heavy atom. The molecular formula is C14H11N3OS2. The molecule has 0 aliphatic rings. The van der Waals surface area contributed by atoms with Crippen molar-refractivity contribution in [1.82, 2.24) is 9.97 Å². The smallest absolute Gasteiger partial charge is 0.144 e. The van der Waals surface area contributed by atoms with Gasteiger partial charge in [-0.2, -0.15) is 0 Å². The quantitative estimate of drug-likeness (QED) is 0.751. The van der Waals surface area contributed by atoms with Gasteiger partial charge in [0.15, 0.2) is 0 Å². The highest BCUT2D eigenvalue weighted by molar-refractivity contribution is 7.18. The number of aldehydes is 1. The summed E-state index contributed by atoms with van der Waals surface area (Å²) in [5.74, 6) is 0.518. The van der Waals surface area contributed by atoms with Gasteiger partial charge >= 0.3 is 0 Å². The van der Waals surface area contributed by atoms with Crippen molar-refractivity contribution in [1.29, 1.82) is 0 Å². The van der Waals surface area contributed by atoms with Gasteiger partial charge in [0, 0.05) is 27.1 Å². The molecular weight excluding hydrogens is 290 g/mol. The average Bonchev–Trinajstić information content (AvgIpc) is 3.04. The number of rotatable bonds is 4. The number of anilines is 1. The Morgan fingerprint density at radius 2 is 2.15 bits per heavy atom. The largest absolute Gasteiger partial charge is 0.382 e. The first-order chi connectivity index (χ1) is 9.78. The molecule has 20 heavy (non-hydrogen) atoms. The van der Waals surface area contributed by atoms with E-state index >= 15 is 0 Å². The van der Waals surface area contributed by atoms with Crippen molar-refractivity contribution in [3.05, 3.63) is 39.2 Å². The van der Waals surface area contributed by atoms with Gasteiger partial charge in [0.05, 0.1) is 10.2 Å². The summed E-state index contributed by atoms with van der Waals surface area (Å²) in [5.41, 5.74) is 7.73. The van der Waals surface area contributed by atoms with Crippen LogP contribution in [0.15, 0.2) is 23.8 Å². The predicted molar refractivity (Wildman–Crippen MR) is 84.8 cm³/mol. The number of fused-ring (bicyclic) bond motifs is 1. The molecule has 3 aromatic rings. The number of nitrogens with two attached hydrogens (primary N) is 1. The summed E-state index contributed by atoms with van der Waals surface area (Å²) in [6, 6.07) is 3.99. The third kappa shape index (κ3) is 2.48. The second-order valence-corrected chi connectivity index (χ2v) is 6.22. The predicted octanol–water partition coefficient (Wildman–Crippen LogP) is 3.25.